The van der Waals surface area contributed by atoms with Gasteiger partial charge in [-0.3, -0.25) is 0 Å². The first-order chi connectivity index (χ1) is 7.36. The predicted molar refractivity (Wildman–Crippen MR) is 66.7 cm³/mol. The minimum Gasteiger partial charge on any atom is -0.0636 e. The Hall–Kier alpha value is -1.34. The van der Waals surface area contributed by atoms with Gasteiger partial charge in [0, 0.05) is 0 Å². The van der Waals surface area contributed by atoms with Crippen molar-refractivity contribution in [3.63, 3.8) is 0 Å². The smallest absolute Gasteiger partial charge is 0.0636 e. The van der Waals surface area contributed by atoms with Gasteiger partial charge in [-0.25, -0.2) is 0 Å². The van der Waals surface area contributed by atoms with Crippen molar-refractivity contribution in [3.05, 3.63) is 66.2 Å². The van der Waals surface area contributed by atoms with E-state index in [0.717, 1.165) is 9.52 Å². The zero-order chi connectivity index (χ0) is 10.5. The maximum absolute atomic E-state index is 2.29. The first-order valence-electron chi connectivity index (χ1n) is 5.23. The second-order valence-electron chi connectivity index (χ2n) is 3.64. The Kier molecular flexibility index (Phi) is 3.35. The van der Waals surface area contributed by atoms with Crippen LogP contribution in [0.1, 0.15) is 18.0 Å². The van der Waals surface area contributed by atoms with E-state index in [2.05, 4.69) is 67.6 Å². The van der Waals surface area contributed by atoms with Crippen molar-refractivity contribution in [2.75, 3.05) is 0 Å². The van der Waals surface area contributed by atoms with Gasteiger partial charge < -0.3 is 0 Å². The lowest BCUT2D eigenvalue weighted by Crippen LogP contribution is -2.19. The van der Waals surface area contributed by atoms with E-state index in [-0.39, 0.29) is 0 Å². The van der Waals surface area contributed by atoms with E-state index in [1.165, 1.54) is 10.8 Å². The fourth-order valence-corrected chi connectivity index (χ4v) is 2.85. The number of rotatable bonds is 3. The fourth-order valence-electron chi connectivity index (χ4n) is 1.61. The second-order valence-corrected chi connectivity index (χ2v) is 5.37. The second kappa shape index (κ2) is 4.94. The average molecular weight is 210 g/mol. The average Bonchev–Trinajstić information content (AvgIpc) is 2.31. The summed E-state index contributed by atoms with van der Waals surface area (Å²) in [5, 5.41) is 1.44. The molecule has 2 aromatic rings. The summed E-state index contributed by atoms with van der Waals surface area (Å²) in [5.41, 5.74) is 2.05. The van der Waals surface area contributed by atoms with Gasteiger partial charge in [0.25, 0.3) is 0 Å². The summed E-state index contributed by atoms with van der Waals surface area (Å²) >= 11 is 0. The molecule has 0 N–H and O–H groups in total. The Morgan fingerprint density at radius 2 is 1.33 bits per heavy atom. The first kappa shape index (κ1) is 10.2. The Morgan fingerprint density at radius 1 is 0.800 bits per heavy atom. The van der Waals surface area contributed by atoms with Crippen LogP contribution in [0.15, 0.2) is 60.7 Å². The van der Waals surface area contributed by atoms with Crippen molar-refractivity contribution in [2.45, 2.75) is 12.5 Å². The van der Waals surface area contributed by atoms with Crippen LogP contribution < -0.4 is 5.19 Å². The number of hydrogen-bond donors (Lipinski definition) is 0. The molecule has 2 radical (unpaired) electrons. The highest BCUT2D eigenvalue weighted by atomic mass is 28.2. The van der Waals surface area contributed by atoms with Crippen LogP contribution in [-0.2, 0) is 0 Å². The van der Waals surface area contributed by atoms with Gasteiger partial charge in [-0.1, -0.05) is 72.8 Å². The number of hydrogen-bond acceptors (Lipinski definition) is 0. The van der Waals surface area contributed by atoms with E-state index >= 15 is 0 Å². The Balaban J connectivity index is 2.08. The van der Waals surface area contributed by atoms with Crippen molar-refractivity contribution in [1.29, 1.82) is 0 Å². The Bertz CT molecular complexity index is 394. The molecule has 74 valence electrons. The largest absolute Gasteiger partial charge is 0.0887 e. The molecule has 0 aliphatic heterocycles. The third-order valence-electron chi connectivity index (χ3n) is 2.46. The molecule has 1 unspecified atom stereocenters. The zero-order valence-electron chi connectivity index (χ0n) is 8.85. The summed E-state index contributed by atoms with van der Waals surface area (Å²) in [7, 11) is 0.856. The Morgan fingerprint density at radius 3 is 1.93 bits per heavy atom. The van der Waals surface area contributed by atoms with Crippen LogP contribution in [0.4, 0.5) is 0 Å². The lowest BCUT2D eigenvalue weighted by molar-refractivity contribution is 1.07. The van der Waals surface area contributed by atoms with Crippen molar-refractivity contribution in [3.8, 4) is 0 Å². The van der Waals surface area contributed by atoms with Crippen LogP contribution in [-0.4, -0.2) is 9.52 Å². The third kappa shape index (κ3) is 2.80. The van der Waals surface area contributed by atoms with E-state index < -0.39 is 0 Å². The Labute approximate surface area is 93.8 Å². The van der Waals surface area contributed by atoms with Crippen LogP contribution in [0.5, 0.6) is 0 Å². The molecule has 0 nitrogen and oxygen atoms in total. The summed E-state index contributed by atoms with van der Waals surface area (Å²) in [4.78, 5) is 0. The van der Waals surface area contributed by atoms with E-state index in [1.807, 2.05) is 0 Å². The molecule has 0 saturated carbocycles. The molecular formula is C14H14Si. The molecule has 0 amide bonds. The highest BCUT2D eigenvalue weighted by Crippen LogP contribution is 2.12. The van der Waals surface area contributed by atoms with Crippen molar-refractivity contribution >= 4 is 14.7 Å². The summed E-state index contributed by atoms with van der Waals surface area (Å²) in [6, 6.07) is 21.4. The predicted octanol–water partition coefficient (Wildman–Crippen LogP) is 2.78. The molecule has 1 heteroatoms. The lowest BCUT2D eigenvalue weighted by atomic mass is 10.2. The minimum absolute atomic E-state index is 0.619. The molecule has 2 aromatic carbocycles. The van der Waals surface area contributed by atoms with Gasteiger partial charge in [0.2, 0.25) is 0 Å². The summed E-state index contributed by atoms with van der Waals surface area (Å²) in [6.07, 6.45) is 0. The standard InChI is InChI=1S/C14H14Si/c1-12(13-8-4-2-5-9-13)15-14-10-6-3-7-11-14/h2-12H,1H3. The van der Waals surface area contributed by atoms with Gasteiger partial charge >= 0.3 is 0 Å². The van der Waals surface area contributed by atoms with Gasteiger partial charge in [0.05, 0.1) is 9.52 Å². The first-order valence-corrected chi connectivity index (χ1v) is 6.30. The van der Waals surface area contributed by atoms with Crippen molar-refractivity contribution in [2.24, 2.45) is 0 Å². The van der Waals surface area contributed by atoms with Gasteiger partial charge in [-0.05, 0) is 11.1 Å². The van der Waals surface area contributed by atoms with Gasteiger partial charge in [0.1, 0.15) is 0 Å². The van der Waals surface area contributed by atoms with Crippen molar-refractivity contribution < 1.29 is 0 Å². The van der Waals surface area contributed by atoms with E-state index in [9.17, 15) is 0 Å². The van der Waals surface area contributed by atoms with E-state index in [4.69, 9.17) is 0 Å². The molecule has 0 bridgehead atoms. The minimum atomic E-state index is 0.619. The molecule has 0 saturated heterocycles. The van der Waals surface area contributed by atoms with E-state index in [1.54, 1.807) is 0 Å². The maximum Gasteiger partial charge on any atom is 0.0887 e. The van der Waals surface area contributed by atoms with Crippen molar-refractivity contribution in [1.82, 2.24) is 0 Å². The van der Waals surface area contributed by atoms with Gasteiger partial charge in [-0.15, -0.1) is 0 Å². The molecule has 0 aromatic heterocycles. The zero-order valence-corrected chi connectivity index (χ0v) is 9.85. The van der Waals surface area contributed by atoms with Gasteiger partial charge in [-0.2, -0.15) is 0 Å². The normalized spacial score (nSPS) is 12.3. The van der Waals surface area contributed by atoms with E-state index in [0.29, 0.717) is 5.54 Å². The highest BCUT2D eigenvalue weighted by Gasteiger charge is 2.06. The molecule has 2 rings (SSSR count). The quantitative estimate of drug-likeness (QED) is 0.683. The molecule has 15 heavy (non-hydrogen) atoms. The fraction of sp³-hybridized carbons (Fsp3) is 0.143. The van der Waals surface area contributed by atoms with Crippen LogP contribution in [0.2, 0.25) is 0 Å². The maximum atomic E-state index is 2.29. The van der Waals surface area contributed by atoms with Crippen LogP contribution in [0.25, 0.3) is 0 Å². The molecule has 0 aliphatic rings. The van der Waals surface area contributed by atoms with Crippen LogP contribution >= 0.6 is 0 Å². The summed E-state index contributed by atoms with van der Waals surface area (Å²) in [6.45, 7) is 2.29. The van der Waals surface area contributed by atoms with Crippen LogP contribution in [0, 0.1) is 0 Å². The topological polar surface area (TPSA) is 0 Å². The molecule has 0 spiro atoms. The molecular weight excluding hydrogens is 196 g/mol. The highest BCUT2D eigenvalue weighted by molar-refractivity contribution is 6.54. The molecule has 0 fully saturated rings. The molecule has 1 atom stereocenters. The molecule has 0 aliphatic carbocycles. The SMILES string of the molecule is CC([Si]c1ccccc1)c1ccccc1. The summed E-state index contributed by atoms with van der Waals surface area (Å²) in [5.74, 6) is 0. The number of benzene rings is 2. The monoisotopic (exact) mass is 210 g/mol. The summed E-state index contributed by atoms with van der Waals surface area (Å²) < 4.78 is 0. The van der Waals surface area contributed by atoms with Crippen LogP contribution in [0.3, 0.4) is 0 Å². The third-order valence-corrected chi connectivity index (χ3v) is 3.89. The molecule has 0 heterocycles. The van der Waals surface area contributed by atoms with Gasteiger partial charge in [0.15, 0.2) is 0 Å². The lowest BCUT2D eigenvalue weighted by Gasteiger charge is -2.10.